The Morgan fingerprint density at radius 2 is 1.36 bits per heavy atom. The maximum absolute atomic E-state index is 11.7. The zero-order valence-electron chi connectivity index (χ0n) is 28.0. The minimum Gasteiger partial charge on any atom is -0.512 e. The van der Waals surface area contributed by atoms with Crippen LogP contribution in [-0.4, -0.2) is 20.9 Å². The molecule has 0 unspecified atom stereocenters. The topological polar surface area (TPSA) is 63.1 Å². The Labute approximate surface area is 282 Å². The summed E-state index contributed by atoms with van der Waals surface area (Å²) >= 11 is 0. The summed E-state index contributed by atoms with van der Waals surface area (Å²) < 4.78 is 0. The number of aryl methyl sites for hydroxylation is 1. The molecule has 0 spiro atoms. The molecular weight excluding hydrogens is 733 g/mol. The first-order valence-corrected chi connectivity index (χ1v) is 16.1. The second kappa shape index (κ2) is 15.7. The number of aliphatic hydroxyl groups is 1. The molecule has 0 saturated carbocycles. The van der Waals surface area contributed by atoms with Gasteiger partial charge >= 0.3 is 0 Å². The summed E-state index contributed by atoms with van der Waals surface area (Å²) in [4.78, 5) is 21.6. The third kappa shape index (κ3) is 8.45. The van der Waals surface area contributed by atoms with E-state index in [-0.39, 0.29) is 48.9 Å². The standard InChI is InChI=1S/C27H23N2.C13H24O2.Ir/c1-17-26(29-25-16-19-10-6-5-9-18(19)15-24(25)28-17)21-13-20-11-7-8-12-22(20)23(14-21)27(2,3)4;1-5-10(6-2)12(14)9-13(15)11(7-3)8-4;/h5-12,14-16H,1-4H3;9-11,14H,5-8H2,1-4H3;/q-1;;/b;12-9-;. The van der Waals surface area contributed by atoms with Gasteiger partial charge in [-0.05, 0) is 60.9 Å². The van der Waals surface area contributed by atoms with Crippen molar-refractivity contribution in [3.05, 3.63) is 95.9 Å². The van der Waals surface area contributed by atoms with E-state index in [0.717, 1.165) is 59.1 Å². The summed E-state index contributed by atoms with van der Waals surface area (Å²) in [5, 5.41) is 14.5. The van der Waals surface area contributed by atoms with Crippen LogP contribution < -0.4 is 0 Å². The van der Waals surface area contributed by atoms with Crippen molar-refractivity contribution in [2.45, 2.75) is 86.5 Å². The number of hydrogen-bond acceptors (Lipinski definition) is 4. The first-order chi connectivity index (χ1) is 21.0. The summed E-state index contributed by atoms with van der Waals surface area (Å²) in [5.41, 5.74) is 6.03. The van der Waals surface area contributed by atoms with E-state index in [1.165, 1.54) is 27.8 Å². The Balaban J connectivity index is 0.000000297. The largest absolute Gasteiger partial charge is 0.512 e. The maximum atomic E-state index is 11.7. The molecule has 1 N–H and O–H groups in total. The Hall–Kier alpha value is -3.40. The van der Waals surface area contributed by atoms with Gasteiger partial charge in [0.15, 0.2) is 5.78 Å². The minimum absolute atomic E-state index is 0. The van der Waals surface area contributed by atoms with E-state index in [4.69, 9.17) is 9.97 Å². The van der Waals surface area contributed by atoms with Crippen molar-refractivity contribution in [3.8, 4) is 11.3 Å². The first kappa shape index (κ1) is 36.1. The number of benzene rings is 4. The number of ketones is 1. The minimum atomic E-state index is 0. The fourth-order valence-electron chi connectivity index (χ4n) is 5.84. The van der Waals surface area contributed by atoms with E-state index in [0.29, 0.717) is 0 Å². The molecule has 5 aromatic rings. The first-order valence-electron chi connectivity index (χ1n) is 16.1. The van der Waals surface area contributed by atoms with Crippen LogP contribution in [0.2, 0.25) is 0 Å². The monoisotopic (exact) mass is 780 g/mol. The van der Waals surface area contributed by atoms with Gasteiger partial charge in [-0.15, -0.1) is 29.1 Å². The molecule has 0 aliphatic carbocycles. The van der Waals surface area contributed by atoms with Crippen LogP contribution in [0.25, 0.3) is 43.8 Å². The molecule has 0 amide bonds. The van der Waals surface area contributed by atoms with Crippen LogP contribution in [0.5, 0.6) is 0 Å². The fourth-order valence-corrected chi connectivity index (χ4v) is 5.84. The average Bonchev–Trinajstić information content (AvgIpc) is 3.00. The van der Waals surface area contributed by atoms with Crippen LogP contribution in [0.1, 0.15) is 85.4 Å². The van der Waals surface area contributed by atoms with Gasteiger partial charge in [0.05, 0.1) is 16.8 Å². The van der Waals surface area contributed by atoms with Crippen LogP contribution in [0.3, 0.4) is 0 Å². The zero-order valence-corrected chi connectivity index (χ0v) is 30.4. The third-order valence-corrected chi connectivity index (χ3v) is 8.63. The second-order valence-corrected chi connectivity index (χ2v) is 12.7. The van der Waals surface area contributed by atoms with Gasteiger partial charge in [-0.2, -0.15) is 0 Å². The fraction of sp³-hybridized carbons (Fsp3) is 0.375. The predicted molar refractivity (Wildman–Crippen MR) is 186 cm³/mol. The second-order valence-electron chi connectivity index (χ2n) is 12.7. The Morgan fingerprint density at radius 1 is 0.822 bits per heavy atom. The summed E-state index contributed by atoms with van der Waals surface area (Å²) in [6, 6.07) is 26.9. The molecule has 0 atom stereocenters. The number of rotatable bonds is 8. The average molecular weight is 780 g/mol. The van der Waals surface area contributed by atoms with Crippen LogP contribution in [0, 0.1) is 24.8 Å². The molecule has 5 rings (SSSR count). The molecule has 0 fully saturated rings. The molecule has 4 nitrogen and oxygen atoms in total. The number of hydrogen-bond donors (Lipinski definition) is 1. The van der Waals surface area contributed by atoms with E-state index in [1.54, 1.807) is 0 Å². The molecule has 45 heavy (non-hydrogen) atoms. The van der Waals surface area contributed by atoms with E-state index < -0.39 is 0 Å². The molecule has 5 heteroatoms. The number of fused-ring (bicyclic) bond motifs is 3. The van der Waals surface area contributed by atoms with Crippen molar-refractivity contribution in [2.75, 3.05) is 0 Å². The Kier molecular flexibility index (Phi) is 12.6. The Bertz CT molecular complexity index is 1790. The van der Waals surface area contributed by atoms with Crippen molar-refractivity contribution in [3.63, 3.8) is 0 Å². The van der Waals surface area contributed by atoms with Crippen LogP contribution >= 0.6 is 0 Å². The van der Waals surface area contributed by atoms with E-state index >= 15 is 0 Å². The van der Waals surface area contributed by atoms with Gasteiger partial charge in [-0.1, -0.05) is 102 Å². The third-order valence-electron chi connectivity index (χ3n) is 8.63. The molecule has 0 aliphatic heterocycles. The van der Waals surface area contributed by atoms with E-state index in [1.807, 2.05) is 34.6 Å². The van der Waals surface area contributed by atoms with E-state index in [2.05, 4.69) is 93.6 Å². The van der Waals surface area contributed by atoms with Crippen molar-refractivity contribution in [1.82, 2.24) is 9.97 Å². The van der Waals surface area contributed by atoms with Gasteiger partial charge < -0.3 is 5.11 Å². The van der Waals surface area contributed by atoms with Crippen LogP contribution in [-0.2, 0) is 30.3 Å². The van der Waals surface area contributed by atoms with Gasteiger partial charge in [-0.25, -0.2) is 0 Å². The molecular formula is C40H47IrN2O2-. The predicted octanol–water partition coefficient (Wildman–Crippen LogP) is 10.9. The molecule has 1 radical (unpaired) electrons. The normalized spacial score (nSPS) is 12.0. The number of allylic oxidation sites excluding steroid dienone is 2. The smallest absolute Gasteiger partial charge is 0.162 e. The SMILES string of the molecule is CCC(CC)C(=O)/C=C(\O)C(CC)CC.Cc1nc2cc3ccccc3cc2nc1-c1[c-]c2ccccc2c(C(C)(C)C)c1.[Ir]. The molecule has 0 saturated heterocycles. The molecule has 239 valence electrons. The van der Waals surface area contributed by atoms with Gasteiger partial charge in [-0.3, -0.25) is 14.8 Å². The molecule has 0 aliphatic rings. The molecule has 4 aromatic carbocycles. The number of aromatic nitrogens is 2. The van der Waals surface area contributed by atoms with Crippen molar-refractivity contribution >= 4 is 38.4 Å². The number of nitrogens with zero attached hydrogens (tertiary/aromatic N) is 2. The summed E-state index contributed by atoms with van der Waals surface area (Å²) in [5.74, 6) is 0.547. The van der Waals surface area contributed by atoms with Crippen LogP contribution in [0.4, 0.5) is 0 Å². The van der Waals surface area contributed by atoms with Crippen molar-refractivity contribution < 1.29 is 30.0 Å². The Morgan fingerprint density at radius 3 is 1.91 bits per heavy atom. The maximum Gasteiger partial charge on any atom is 0.162 e. The molecule has 1 heterocycles. The van der Waals surface area contributed by atoms with E-state index in [9.17, 15) is 9.90 Å². The quantitative estimate of drug-likeness (QED) is 0.0737. The number of aliphatic hydroxyl groups excluding tert-OH is 1. The van der Waals surface area contributed by atoms with Crippen molar-refractivity contribution in [1.29, 1.82) is 0 Å². The summed E-state index contributed by atoms with van der Waals surface area (Å²) in [6.07, 6.45) is 4.91. The molecule has 0 bridgehead atoms. The van der Waals surface area contributed by atoms with Gasteiger partial charge in [0, 0.05) is 49.4 Å². The zero-order chi connectivity index (χ0) is 32.0. The van der Waals surface area contributed by atoms with Gasteiger partial charge in [0.1, 0.15) is 0 Å². The van der Waals surface area contributed by atoms with Crippen LogP contribution in [0.15, 0.2) is 78.6 Å². The summed E-state index contributed by atoms with van der Waals surface area (Å²) in [6.45, 7) is 16.9. The van der Waals surface area contributed by atoms with Crippen molar-refractivity contribution in [2.24, 2.45) is 11.8 Å². The van der Waals surface area contributed by atoms with Gasteiger partial charge in [0.25, 0.3) is 0 Å². The van der Waals surface area contributed by atoms with Gasteiger partial charge in [0.2, 0.25) is 0 Å². The summed E-state index contributed by atoms with van der Waals surface area (Å²) in [7, 11) is 0. The number of carbonyl (C=O) groups excluding carboxylic acids is 1. The molecule has 1 aromatic heterocycles. The number of carbonyl (C=O) groups is 1.